The van der Waals surface area contributed by atoms with Crippen LogP contribution in [0.3, 0.4) is 0 Å². The van der Waals surface area contributed by atoms with Crippen LogP contribution in [0, 0.1) is 5.92 Å². The maximum Gasteiger partial charge on any atom is 0.513 e. The molecule has 1 aromatic carbocycles. The zero-order valence-electron chi connectivity index (χ0n) is 11.5. The molecule has 5 heteroatoms. The predicted octanol–water partition coefficient (Wildman–Crippen LogP) is 3.35. The van der Waals surface area contributed by atoms with E-state index in [0.29, 0.717) is 18.3 Å². The molecule has 0 aromatic heterocycles. The largest absolute Gasteiger partial charge is 0.513 e. The lowest BCUT2D eigenvalue weighted by Crippen LogP contribution is -2.16. The molecule has 1 aromatic rings. The summed E-state index contributed by atoms with van der Waals surface area (Å²) < 4.78 is 14.9. The Hall–Kier alpha value is -1.91. The first kappa shape index (κ1) is 15.1. The summed E-state index contributed by atoms with van der Waals surface area (Å²) in [6.45, 7) is 4.43. The number of hydrogen-bond donors (Lipinski definition) is 1. The van der Waals surface area contributed by atoms with Crippen molar-refractivity contribution in [2.75, 3.05) is 13.7 Å². The second kappa shape index (κ2) is 7.51. The summed E-state index contributed by atoms with van der Waals surface area (Å²) in [5.41, 5.74) is 0. The quantitative estimate of drug-likeness (QED) is 0.633. The number of benzene rings is 1. The summed E-state index contributed by atoms with van der Waals surface area (Å²) in [6.07, 6.45) is 1.14. The Morgan fingerprint density at radius 1 is 1.32 bits per heavy atom. The molecule has 0 unspecified atom stereocenters. The van der Waals surface area contributed by atoms with Gasteiger partial charge in [-0.2, -0.15) is 0 Å². The molecule has 5 nitrogen and oxygen atoms in total. The summed E-state index contributed by atoms with van der Waals surface area (Å²) in [5.74, 6) is 0.787. The number of phenolic OH excluding ortho intramolecular Hbond substituents is 1. The summed E-state index contributed by atoms with van der Waals surface area (Å²) in [4.78, 5) is 11.5. The molecule has 0 bridgehead atoms. The molecule has 0 atom stereocenters. The van der Waals surface area contributed by atoms with Crippen LogP contribution in [0.5, 0.6) is 17.2 Å². The molecule has 0 saturated carbocycles. The van der Waals surface area contributed by atoms with Crippen LogP contribution >= 0.6 is 0 Å². The van der Waals surface area contributed by atoms with E-state index >= 15 is 0 Å². The van der Waals surface area contributed by atoms with E-state index in [1.165, 1.54) is 25.3 Å². The highest BCUT2D eigenvalue weighted by Crippen LogP contribution is 2.29. The zero-order valence-corrected chi connectivity index (χ0v) is 11.5. The van der Waals surface area contributed by atoms with Gasteiger partial charge in [-0.1, -0.05) is 26.7 Å². The third-order valence-corrected chi connectivity index (χ3v) is 2.94. The third-order valence-electron chi connectivity index (χ3n) is 2.94. The lowest BCUT2D eigenvalue weighted by atomic mass is 10.1. The van der Waals surface area contributed by atoms with E-state index in [0.717, 1.165) is 12.8 Å². The van der Waals surface area contributed by atoms with Crippen LogP contribution in [-0.4, -0.2) is 25.0 Å². The van der Waals surface area contributed by atoms with E-state index in [1.807, 2.05) is 13.8 Å². The van der Waals surface area contributed by atoms with Gasteiger partial charge in [0.25, 0.3) is 0 Å². The number of aromatic hydroxyl groups is 1. The molecule has 1 N–H and O–H groups in total. The number of carbonyl (C=O) groups excluding carboxylic acids is 1. The van der Waals surface area contributed by atoms with Gasteiger partial charge in [0, 0.05) is 6.07 Å². The fraction of sp³-hybridized carbons (Fsp3) is 0.500. The third kappa shape index (κ3) is 4.69. The Morgan fingerprint density at radius 2 is 2.00 bits per heavy atom. The minimum absolute atomic E-state index is 0.0900. The van der Waals surface area contributed by atoms with Crippen molar-refractivity contribution in [3.63, 3.8) is 0 Å². The van der Waals surface area contributed by atoms with E-state index in [4.69, 9.17) is 14.2 Å². The van der Waals surface area contributed by atoms with Crippen LogP contribution in [-0.2, 0) is 4.74 Å². The first-order chi connectivity index (χ1) is 9.10. The van der Waals surface area contributed by atoms with Crippen molar-refractivity contribution in [1.29, 1.82) is 0 Å². The Bertz CT molecular complexity index is 412. The van der Waals surface area contributed by atoms with Gasteiger partial charge < -0.3 is 19.3 Å². The maximum absolute atomic E-state index is 11.5. The molecule has 0 aliphatic carbocycles. The molecule has 0 aliphatic rings. The minimum atomic E-state index is -0.767. The Labute approximate surface area is 113 Å². The van der Waals surface area contributed by atoms with Crippen molar-refractivity contribution in [2.24, 2.45) is 5.92 Å². The summed E-state index contributed by atoms with van der Waals surface area (Å²) in [6, 6.07) is 4.34. The zero-order chi connectivity index (χ0) is 14.3. The number of methoxy groups -OCH3 is 1. The summed E-state index contributed by atoms with van der Waals surface area (Å²) >= 11 is 0. The van der Waals surface area contributed by atoms with E-state index in [1.54, 1.807) is 0 Å². The molecule has 0 fully saturated rings. The second-order valence-electron chi connectivity index (χ2n) is 4.18. The number of hydrogen-bond acceptors (Lipinski definition) is 5. The van der Waals surface area contributed by atoms with Crippen molar-refractivity contribution in [3.8, 4) is 17.2 Å². The van der Waals surface area contributed by atoms with Crippen LogP contribution in [0.4, 0.5) is 4.79 Å². The lowest BCUT2D eigenvalue weighted by molar-refractivity contribution is 0.0823. The van der Waals surface area contributed by atoms with Crippen LogP contribution in [0.25, 0.3) is 0 Å². The molecule has 1 rings (SSSR count). The molecule has 0 heterocycles. The van der Waals surface area contributed by atoms with Gasteiger partial charge >= 0.3 is 6.16 Å². The van der Waals surface area contributed by atoms with Gasteiger partial charge in [-0.05, 0) is 18.1 Å². The monoisotopic (exact) mass is 268 g/mol. The number of rotatable bonds is 6. The van der Waals surface area contributed by atoms with E-state index < -0.39 is 6.16 Å². The van der Waals surface area contributed by atoms with Gasteiger partial charge in [0.2, 0.25) is 0 Å². The van der Waals surface area contributed by atoms with E-state index in [9.17, 15) is 9.90 Å². The second-order valence-corrected chi connectivity index (χ2v) is 4.18. The first-order valence-electron chi connectivity index (χ1n) is 6.32. The van der Waals surface area contributed by atoms with Gasteiger partial charge in [0.05, 0.1) is 13.7 Å². The van der Waals surface area contributed by atoms with Gasteiger partial charge in [0.1, 0.15) is 5.75 Å². The molecular weight excluding hydrogens is 248 g/mol. The van der Waals surface area contributed by atoms with Gasteiger partial charge in [-0.25, -0.2) is 4.79 Å². The highest BCUT2D eigenvalue weighted by Gasteiger charge is 2.11. The molecule has 106 valence electrons. The van der Waals surface area contributed by atoms with Gasteiger partial charge in [-0.3, -0.25) is 0 Å². The van der Waals surface area contributed by atoms with Crippen molar-refractivity contribution >= 4 is 6.16 Å². The van der Waals surface area contributed by atoms with Crippen molar-refractivity contribution in [3.05, 3.63) is 18.2 Å². The average Bonchev–Trinajstić information content (AvgIpc) is 2.40. The van der Waals surface area contributed by atoms with E-state index in [2.05, 4.69) is 0 Å². The molecule has 0 amide bonds. The fourth-order valence-corrected chi connectivity index (χ4v) is 1.57. The Kier molecular flexibility index (Phi) is 5.99. The molecule has 0 spiro atoms. The molecule has 0 radical (unpaired) electrons. The summed E-state index contributed by atoms with van der Waals surface area (Å²) in [7, 11) is 1.44. The number of phenols is 1. The average molecular weight is 268 g/mol. The standard InChI is InChI=1S/C14H20O5/c1-4-10(5-2)9-18-14(16)19-11-6-7-13(17-3)12(15)8-11/h6-8,10,15H,4-5,9H2,1-3H3. The molecular formula is C14H20O5. The van der Waals surface area contributed by atoms with Gasteiger partial charge in [0.15, 0.2) is 11.5 Å². The highest BCUT2D eigenvalue weighted by molar-refractivity contribution is 5.64. The lowest BCUT2D eigenvalue weighted by Gasteiger charge is -2.12. The van der Waals surface area contributed by atoms with Crippen LogP contribution in [0.2, 0.25) is 0 Å². The van der Waals surface area contributed by atoms with E-state index in [-0.39, 0.29) is 11.5 Å². The Morgan fingerprint density at radius 3 is 2.53 bits per heavy atom. The fourth-order valence-electron chi connectivity index (χ4n) is 1.57. The van der Waals surface area contributed by atoms with Crippen molar-refractivity contribution in [2.45, 2.75) is 26.7 Å². The molecule has 19 heavy (non-hydrogen) atoms. The normalized spacial score (nSPS) is 10.3. The number of ether oxygens (including phenoxy) is 3. The SMILES string of the molecule is CCC(CC)COC(=O)Oc1ccc(OC)c(O)c1. The molecule has 0 saturated heterocycles. The maximum atomic E-state index is 11.5. The summed E-state index contributed by atoms with van der Waals surface area (Å²) in [5, 5.41) is 9.54. The minimum Gasteiger partial charge on any atom is -0.504 e. The highest BCUT2D eigenvalue weighted by atomic mass is 16.7. The van der Waals surface area contributed by atoms with Crippen molar-refractivity contribution in [1.82, 2.24) is 0 Å². The van der Waals surface area contributed by atoms with Crippen LogP contribution in [0.15, 0.2) is 18.2 Å². The number of carbonyl (C=O) groups is 1. The first-order valence-corrected chi connectivity index (χ1v) is 6.32. The predicted molar refractivity (Wildman–Crippen MR) is 70.7 cm³/mol. The topological polar surface area (TPSA) is 65.0 Å². The van der Waals surface area contributed by atoms with Gasteiger partial charge in [-0.15, -0.1) is 0 Å². The smallest absolute Gasteiger partial charge is 0.504 e. The van der Waals surface area contributed by atoms with Crippen molar-refractivity contribution < 1.29 is 24.1 Å². The molecule has 0 aliphatic heterocycles. The van der Waals surface area contributed by atoms with Crippen LogP contribution < -0.4 is 9.47 Å². The Balaban J connectivity index is 2.50. The van der Waals surface area contributed by atoms with Crippen LogP contribution in [0.1, 0.15) is 26.7 Å².